The number of carbonyl (C=O) groups is 1. The van der Waals surface area contributed by atoms with Crippen LogP contribution >= 0.6 is 11.3 Å². The fourth-order valence-electron chi connectivity index (χ4n) is 3.41. The Hall–Kier alpha value is -2.55. The van der Waals surface area contributed by atoms with Crippen molar-refractivity contribution in [3.63, 3.8) is 0 Å². The molecule has 0 spiro atoms. The number of ether oxygens (including phenoxy) is 1. The van der Waals surface area contributed by atoms with E-state index in [-0.39, 0.29) is 5.91 Å². The van der Waals surface area contributed by atoms with Gasteiger partial charge >= 0.3 is 0 Å². The SMILES string of the molecule is Cc1c(C(=O)N(C)Cc2csc(CN3CCOCC3)n2)cnn1-c1ccccc1. The lowest BCUT2D eigenvalue weighted by atomic mass is 10.2. The minimum absolute atomic E-state index is 0.0487. The molecule has 7 nitrogen and oxygen atoms in total. The lowest BCUT2D eigenvalue weighted by Gasteiger charge is -2.25. The first-order valence-electron chi connectivity index (χ1n) is 9.70. The highest BCUT2D eigenvalue weighted by atomic mass is 32.1. The van der Waals surface area contributed by atoms with Gasteiger partial charge in [-0.05, 0) is 19.1 Å². The van der Waals surface area contributed by atoms with E-state index in [1.807, 2.05) is 49.7 Å². The summed E-state index contributed by atoms with van der Waals surface area (Å²) in [6.45, 7) is 6.69. The van der Waals surface area contributed by atoms with Crippen LogP contribution < -0.4 is 0 Å². The Labute approximate surface area is 174 Å². The Balaban J connectivity index is 1.41. The van der Waals surface area contributed by atoms with Gasteiger partial charge in [0.15, 0.2) is 0 Å². The van der Waals surface area contributed by atoms with Crippen LogP contribution in [-0.2, 0) is 17.8 Å². The Morgan fingerprint density at radius 1 is 1.24 bits per heavy atom. The molecule has 0 unspecified atom stereocenters. The van der Waals surface area contributed by atoms with Crippen molar-refractivity contribution < 1.29 is 9.53 Å². The molecule has 1 fully saturated rings. The summed E-state index contributed by atoms with van der Waals surface area (Å²) in [5, 5.41) is 7.53. The van der Waals surface area contributed by atoms with E-state index >= 15 is 0 Å². The van der Waals surface area contributed by atoms with Crippen LogP contribution in [0.15, 0.2) is 41.9 Å². The summed E-state index contributed by atoms with van der Waals surface area (Å²) in [7, 11) is 1.81. The zero-order chi connectivity index (χ0) is 20.2. The molecule has 1 amide bonds. The van der Waals surface area contributed by atoms with Gasteiger partial charge in [0.2, 0.25) is 0 Å². The standard InChI is InChI=1S/C21H25N5O2S/c1-16-19(12-22-26(16)18-6-4-3-5-7-18)21(27)24(2)13-17-15-29-20(23-17)14-25-8-10-28-11-9-25/h3-7,12,15H,8-11,13-14H2,1-2H3. The van der Waals surface area contributed by atoms with Gasteiger partial charge in [0.25, 0.3) is 5.91 Å². The van der Waals surface area contributed by atoms with Gasteiger partial charge in [-0.2, -0.15) is 5.10 Å². The number of aromatic nitrogens is 3. The summed E-state index contributed by atoms with van der Waals surface area (Å²) < 4.78 is 7.19. The van der Waals surface area contributed by atoms with Crippen LogP contribution in [0.1, 0.15) is 26.8 Å². The smallest absolute Gasteiger partial charge is 0.257 e. The number of rotatable bonds is 6. The molecule has 1 aromatic carbocycles. The molecular weight excluding hydrogens is 386 g/mol. The normalized spacial score (nSPS) is 14.8. The van der Waals surface area contributed by atoms with Crippen molar-refractivity contribution >= 4 is 17.2 Å². The molecule has 29 heavy (non-hydrogen) atoms. The average Bonchev–Trinajstić information content (AvgIpc) is 3.35. The Morgan fingerprint density at radius 3 is 2.76 bits per heavy atom. The van der Waals surface area contributed by atoms with E-state index in [1.54, 1.807) is 27.1 Å². The second-order valence-corrected chi connectivity index (χ2v) is 8.12. The van der Waals surface area contributed by atoms with Gasteiger partial charge in [0.1, 0.15) is 5.01 Å². The fraction of sp³-hybridized carbons (Fsp3) is 0.381. The topological polar surface area (TPSA) is 63.5 Å². The maximum Gasteiger partial charge on any atom is 0.257 e. The van der Waals surface area contributed by atoms with Crippen LogP contribution in [0.3, 0.4) is 0 Å². The maximum atomic E-state index is 13.0. The van der Waals surface area contributed by atoms with E-state index in [0.717, 1.165) is 54.9 Å². The van der Waals surface area contributed by atoms with Crippen molar-refractivity contribution in [3.8, 4) is 5.69 Å². The van der Waals surface area contributed by atoms with Gasteiger partial charge in [-0.1, -0.05) is 18.2 Å². The average molecular weight is 412 g/mol. The van der Waals surface area contributed by atoms with Crippen LogP contribution in [-0.4, -0.2) is 63.8 Å². The van der Waals surface area contributed by atoms with Crippen molar-refractivity contribution in [2.75, 3.05) is 33.4 Å². The van der Waals surface area contributed by atoms with E-state index in [0.29, 0.717) is 12.1 Å². The molecule has 0 radical (unpaired) electrons. The summed E-state index contributed by atoms with van der Waals surface area (Å²) in [5.41, 5.74) is 3.31. The summed E-state index contributed by atoms with van der Waals surface area (Å²) in [5.74, 6) is -0.0487. The first-order valence-corrected chi connectivity index (χ1v) is 10.6. The van der Waals surface area contributed by atoms with Crippen molar-refractivity contribution in [2.45, 2.75) is 20.0 Å². The summed E-state index contributed by atoms with van der Waals surface area (Å²) >= 11 is 1.65. The van der Waals surface area contributed by atoms with Crippen molar-refractivity contribution in [1.82, 2.24) is 24.6 Å². The third kappa shape index (κ3) is 4.55. The number of para-hydroxylation sites is 1. The number of hydrogen-bond acceptors (Lipinski definition) is 6. The van der Waals surface area contributed by atoms with Crippen molar-refractivity contribution in [2.24, 2.45) is 0 Å². The van der Waals surface area contributed by atoms with Gasteiger partial charge in [-0.15, -0.1) is 11.3 Å². The third-order valence-corrected chi connectivity index (χ3v) is 5.93. The third-order valence-electron chi connectivity index (χ3n) is 5.05. The molecule has 0 aliphatic carbocycles. The quantitative estimate of drug-likeness (QED) is 0.624. The summed E-state index contributed by atoms with van der Waals surface area (Å²) in [4.78, 5) is 21.7. The number of thiazole rings is 1. The predicted octanol–water partition coefficient (Wildman–Crippen LogP) is 2.74. The second kappa shape index (κ2) is 8.86. The zero-order valence-electron chi connectivity index (χ0n) is 16.7. The van der Waals surface area contributed by atoms with E-state index in [4.69, 9.17) is 9.72 Å². The largest absolute Gasteiger partial charge is 0.379 e. The van der Waals surface area contributed by atoms with E-state index in [2.05, 4.69) is 10.00 Å². The highest BCUT2D eigenvalue weighted by Crippen LogP contribution is 2.18. The van der Waals surface area contributed by atoms with Crippen LogP contribution in [0.2, 0.25) is 0 Å². The Bertz CT molecular complexity index is 963. The monoisotopic (exact) mass is 411 g/mol. The number of carbonyl (C=O) groups excluding carboxylic acids is 1. The molecule has 4 rings (SSSR count). The maximum absolute atomic E-state index is 13.0. The molecule has 3 heterocycles. The lowest BCUT2D eigenvalue weighted by Crippen LogP contribution is -2.35. The minimum Gasteiger partial charge on any atom is -0.379 e. The molecule has 152 valence electrons. The highest BCUT2D eigenvalue weighted by Gasteiger charge is 2.20. The lowest BCUT2D eigenvalue weighted by molar-refractivity contribution is 0.0341. The molecule has 8 heteroatoms. The van der Waals surface area contributed by atoms with Gasteiger partial charge in [0.05, 0.1) is 55.1 Å². The first-order chi connectivity index (χ1) is 14.1. The van der Waals surface area contributed by atoms with Gasteiger partial charge in [0, 0.05) is 25.5 Å². The Kier molecular flexibility index (Phi) is 6.03. The molecule has 1 aliphatic rings. The highest BCUT2D eigenvalue weighted by molar-refractivity contribution is 7.09. The number of morpholine rings is 1. The molecule has 3 aromatic rings. The summed E-state index contributed by atoms with van der Waals surface area (Å²) in [6.07, 6.45) is 1.64. The molecular formula is C21H25N5O2S. The van der Waals surface area contributed by atoms with Gasteiger partial charge < -0.3 is 9.64 Å². The molecule has 0 bridgehead atoms. The number of benzene rings is 1. The molecule has 0 N–H and O–H groups in total. The van der Waals surface area contributed by atoms with Crippen molar-refractivity contribution in [1.29, 1.82) is 0 Å². The number of nitrogens with zero attached hydrogens (tertiary/aromatic N) is 5. The molecule has 1 saturated heterocycles. The molecule has 1 aliphatic heterocycles. The Morgan fingerprint density at radius 2 is 2.00 bits per heavy atom. The number of hydrogen-bond donors (Lipinski definition) is 0. The van der Waals surface area contributed by atoms with E-state index in [9.17, 15) is 4.79 Å². The van der Waals surface area contributed by atoms with E-state index in [1.165, 1.54) is 0 Å². The summed E-state index contributed by atoms with van der Waals surface area (Å²) in [6, 6.07) is 9.83. The molecule has 0 saturated carbocycles. The minimum atomic E-state index is -0.0487. The fourth-order valence-corrected chi connectivity index (χ4v) is 4.24. The van der Waals surface area contributed by atoms with Gasteiger partial charge in [-0.3, -0.25) is 9.69 Å². The van der Waals surface area contributed by atoms with E-state index < -0.39 is 0 Å². The predicted molar refractivity (Wildman–Crippen MR) is 112 cm³/mol. The van der Waals surface area contributed by atoms with Crippen LogP contribution in [0.5, 0.6) is 0 Å². The first kappa shape index (κ1) is 19.8. The van der Waals surface area contributed by atoms with Crippen LogP contribution in [0.4, 0.5) is 0 Å². The van der Waals surface area contributed by atoms with Crippen molar-refractivity contribution in [3.05, 3.63) is 63.9 Å². The van der Waals surface area contributed by atoms with Gasteiger partial charge in [-0.25, -0.2) is 9.67 Å². The number of amides is 1. The zero-order valence-corrected chi connectivity index (χ0v) is 17.6. The second-order valence-electron chi connectivity index (χ2n) is 7.17. The molecule has 2 aromatic heterocycles. The van der Waals surface area contributed by atoms with Crippen LogP contribution in [0, 0.1) is 6.92 Å². The van der Waals surface area contributed by atoms with Crippen LogP contribution in [0.25, 0.3) is 5.69 Å². The molecule has 0 atom stereocenters.